The van der Waals surface area contributed by atoms with Gasteiger partial charge in [-0.2, -0.15) is 0 Å². The summed E-state index contributed by atoms with van der Waals surface area (Å²) in [5, 5.41) is 8.89. The van der Waals surface area contributed by atoms with Crippen molar-refractivity contribution in [3.05, 3.63) is 35.4 Å². The van der Waals surface area contributed by atoms with Crippen molar-refractivity contribution in [1.29, 1.82) is 0 Å². The highest BCUT2D eigenvalue weighted by Gasteiger charge is 2.31. The van der Waals surface area contributed by atoms with Gasteiger partial charge in [0.05, 0.1) is 6.61 Å². The van der Waals surface area contributed by atoms with E-state index in [1.807, 2.05) is 12.1 Å². The van der Waals surface area contributed by atoms with Gasteiger partial charge >= 0.3 is 0 Å². The van der Waals surface area contributed by atoms with Crippen LogP contribution in [0, 0.1) is 17.8 Å². The van der Waals surface area contributed by atoms with E-state index in [-0.39, 0.29) is 6.61 Å². The van der Waals surface area contributed by atoms with Crippen LogP contribution in [0.5, 0.6) is 0 Å². The summed E-state index contributed by atoms with van der Waals surface area (Å²) in [5.74, 6) is 6.63. The van der Waals surface area contributed by atoms with Crippen LogP contribution in [-0.4, -0.2) is 42.9 Å². The lowest BCUT2D eigenvalue weighted by Crippen LogP contribution is -2.36. The fraction of sp³-hybridized carbons (Fsp3) is 0.556. The van der Waals surface area contributed by atoms with Crippen molar-refractivity contribution < 1.29 is 9.84 Å². The minimum absolute atomic E-state index is 0.0970. The van der Waals surface area contributed by atoms with Crippen molar-refractivity contribution in [2.45, 2.75) is 32.4 Å². The third-order valence-corrected chi connectivity index (χ3v) is 4.16. The van der Waals surface area contributed by atoms with Crippen molar-refractivity contribution in [3.63, 3.8) is 0 Å². The Kier molecular flexibility index (Phi) is 6.25. The number of hydrogen-bond donors (Lipinski definition) is 1. The first-order valence-corrected chi connectivity index (χ1v) is 7.67. The molecular formula is C18H25NO2. The molecule has 1 aromatic rings. The molecule has 1 aliphatic carbocycles. The van der Waals surface area contributed by atoms with Crippen molar-refractivity contribution in [2.75, 3.05) is 26.9 Å². The largest absolute Gasteiger partial charge is 0.384 e. The van der Waals surface area contributed by atoms with Crippen LogP contribution in [0.25, 0.3) is 0 Å². The van der Waals surface area contributed by atoms with E-state index in [4.69, 9.17) is 9.84 Å². The maximum atomic E-state index is 8.89. The summed E-state index contributed by atoms with van der Waals surface area (Å²) >= 11 is 0. The predicted molar refractivity (Wildman–Crippen MR) is 84.9 cm³/mol. The summed E-state index contributed by atoms with van der Waals surface area (Å²) in [7, 11) is 1.75. The van der Waals surface area contributed by atoms with Crippen LogP contribution in [0.1, 0.15) is 30.9 Å². The lowest BCUT2D eigenvalue weighted by molar-refractivity contribution is 0.111. The number of rotatable bonds is 7. The van der Waals surface area contributed by atoms with Crippen LogP contribution in [0.4, 0.5) is 0 Å². The highest BCUT2D eigenvalue weighted by atomic mass is 16.5. The molecule has 0 heterocycles. The van der Waals surface area contributed by atoms with E-state index in [9.17, 15) is 0 Å². The smallest absolute Gasteiger partial charge is 0.104 e. The Morgan fingerprint density at radius 1 is 1.38 bits per heavy atom. The highest BCUT2D eigenvalue weighted by molar-refractivity contribution is 5.41. The molecule has 1 unspecified atom stereocenters. The number of methoxy groups -OCH3 is 1. The van der Waals surface area contributed by atoms with Gasteiger partial charge in [0.2, 0.25) is 0 Å². The summed E-state index contributed by atoms with van der Waals surface area (Å²) in [4.78, 5) is 2.49. The first-order valence-electron chi connectivity index (χ1n) is 7.67. The third-order valence-electron chi connectivity index (χ3n) is 4.16. The summed E-state index contributed by atoms with van der Waals surface area (Å²) in [6.07, 6.45) is 2.69. The van der Waals surface area contributed by atoms with E-state index < -0.39 is 0 Å². The molecule has 0 amide bonds. The quantitative estimate of drug-likeness (QED) is 0.781. The summed E-state index contributed by atoms with van der Waals surface area (Å²) in [6.45, 7) is 4.80. The number of hydrogen-bond acceptors (Lipinski definition) is 3. The van der Waals surface area contributed by atoms with E-state index in [1.54, 1.807) is 7.11 Å². The second-order valence-electron chi connectivity index (χ2n) is 5.66. The predicted octanol–water partition coefficient (Wildman–Crippen LogP) is 2.28. The Balaban J connectivity index is 2.11. The van der Waals surface area contributed by atoms with Crippen LogP contribution in [0.15, 0.2) is 24.3 Å². The maximum absolute atomic E-state index is 8.89. The Morgan fingerprint density at radius 3 is 2.81 bits per heavy atom. The summed E-state index contributed by atoms with van der Waals surface area (Å²) in [5.41, 5.74) is 2.24. The zero-order valence-electron chi connectivity index (χ0n) is 13.0. The maximum Gasteiger partial charge on any atom is 0.104 e. The van der Waals surface area contributed by atoms with Crippen LogP contribution in [-0.2, 0) is 11.3 Å². The van der Waals surface area contributed by atoms with Gasteiger partial charge < -0.3 is 9.84 Å². The van der Waals surface area contributed by atoms with Gasteiger partial charge in [0.25, 0.3) is 0 Å². The minimum atomic E-state index is -0.0970. The molecule has 3 heteroatoms. The first kappa shape index (κ1) is 16.0. The van der Waals surface area contributed by atoms with Gasteiger partial charge in [-0.05, 0) is 37.3 Å². The average molecular weight is 287 g/mol. The second-order valence-corrected chi connectivity index (χ2v) is 5.66. The van der Waals surface area contributed by atoms with Crippen LogP contribution >= 0.6 is 0 Å². The second kappa shape index (κ2) is 8.19. The number of aliphatic hydroxyl groups is 1. The lowest BCUT2D eigenvalue weighted by atomic mass is 10.1. The fourth-order valence-corrected chi connectivity index (χ4v) is 2.65. The van der Waals surface area contributed by atoms with Crippen molar-refractivity contribution in [1.82, 2.24) is 4.90 Å². The normalized spacial score (nSPS) is 15.6. The van der Waals surface area contributed by atoms with E-state index in [0.717, 1.165) is 31.2 Å². The number of nitrogens with zero attached hydrogens (tertiary/aromatic N) is 1. The summed E-state index contributed by atoms with van der Waals surface area (Å²) < 4.78 is 5.25. The fourth-order valence-electron chi connectivity index (χ4n) is 2.65. The topological polar surface area (TPSA) is 32.7 Å². The van der Waals surface area contributed by atoms with E-state index >= 15 is 0 Å². The van der Waals surface area contributed by atoms with Gasteiger partial charge in [-0.25, -0.2) is 0 Å². The zero-order chi connectivity index (χ0) is 15.1. The van der Waals surface area contributed by atoms with Gasteiger partial charge in [0.1, 0.15) is 6.61 Å². The Hall–Kier alpha value is -1.34. The van der Waals surface area contributed by atoms with E-state index in [0.29, 0.717) is 6.04 Å². The van der Waals surface area contributed by atoms with Crippen LogP contribution < -0.4 is 0 Å². The molecule has 0 aliphatic heterocycles. The molecule has 3 nitrogen and oxygen atoms in total. The molecule has 0 saturated heterocycles. The minimum Gasteiger partial charge on any atom is -0.384 e. The molecule has 1 aliphatic rings. The van der Waals surface area contributed by atoms with Crippen LogP contribution in [0.3, 0.4) is 0 Å². The molecule has 114 valence electrons. The number of ether oxygens (including phenoxy) is 1. The Labute approximate surface area is 127 Å². The average Bonchev–Trinajstić information content (AvgIpc) is 3.34. The standard InChI is InChI=1S/C18H25NO2/c1-15(16-9-10-16)19(11-13-21-2)14-18-7-4-3-6-17(18)8-5-12-20/h3-4,6-7,15-16,20H,9-14H2,1-2H3. The highest BCUT2D eigenvalue weighted by Crippen LogP contribution is 2.35. The zero-order valence-corrected chi connectivity index (χ0v) is 13.0. The molecule has 1 saturated carbocycles. The van der Waals surface area contributed by atoms with Gasteiger partial charge in [0, 0.05) is 31.8 Å². The first-order chi connectivity index (χ1) is 10.3. The molecule has 1 aromatic carbocycles. The molecule has 0 spiro atoms. The molecule has 1 fully saturated rings. The molecule has 1 atom stereocenters. The third kappa shape index (κ3) is 4.86. The van der Waals surface area contributed by atoms with Crippen molar-refractivity contribution in [3.8, 4) is 11.8 Å². The van der Waals surface area contributed by atoms with Crippen molar-refractivity contribution >= 4 is 0 Å². The SMILES string of the molecule is COCCN(Cc1ccccc1C#CCO)C(C)C1CC1. The Morgan fingerprint density at radius 2 is 2.14 bits per heavy atom. The summed E-state index contributed by atoms with van der Waals surface area (Å²) in [6, 6.07) is 8.78. The van der Waals surface area contributed by atoms with Gasteiger partial charge in [0.15, 0.2) is 0 Å². The molecule has 1 N–H and O–H groups in total. The van der Waals surface area contributed by atoms with Crippen molar-refractivity contribution in [2.24, 2.45) is 5.92 Å². The molecule has 0 aromatic heterocycles. The monoisotopic (exact) mass is 287 g/mol. The molecular weight excluding hydrogens is 262 g/mol. The van der Waals surface area contributed by atoms with Gasteiger partial charge in [-0.15, -0.1) is 0 Å². The molecule has 0 bridgehead atoms. The number of benzene rings is 1. The molecule has 21 heavy (non-hydrogen) atoms. The van der Waals surface area contributed by atoms with E-state index in [2.05, 4.69) is 35.8 Å². The molecule has 0 radical (unpaired) electrons. The number of aliphatic hydroxyl groups excluding tert-OH is 1. The lowest BCUT2D eigenvalue weighted by Gasteiger charge is -2.29. The Bertz CT molecular complexity index is 499. The molecule has 2 rings (SSSR count). The van der Waals surface area contributed by atoms with Crippen LogP contribution in [0.2, 0.25) is 0 Å². The van der Waals surface area contributed by atoms with Gasteiger partial charge in [-0.3, -0.25) is 4.90 Å². The van der Waals surface area contributed by atoms with Gasteiger partial charge in [-0.1, -0.05) is 30.0 Å². The van der Waals surface area contributed by atoms with E-state index in [1.165, 1.54) is 18.4 Å².